The van der Waals surface area contributed by atoms with Gasteiger partial charge in [0.15, 0.2) is 6.29 Å². The lowest BCUT2D eigenvalue weighted by molar-refractivity contribution is 0.0298. The van der Waals surface area contributed by atoms with Gasteiger partial charge in [0.1, 0.15) is 5.82 Å². The molecule has 1 aliphatic rings. The fourth-order valence-electron chi connectivity index (χ4n) is 2.37. The molecule has 1 aliphatic heterocycles. The average molecular weight is 251 g/mol. The minimum atomic E-state index is -0.462. The minimum Gasteiger partial charge on any atom is -0.375 e. The Balaban J connectivity index is 2.39. The van der Waals surface area contributed by atoms with Gasteiger partial charge >= 0.3 is 0 Å². The summed E-state index contributed by atoms with van der Waals surface area (Å²) in [5.74, 6) is -0.462. The first-order valence-electron chi connectivity index (χ1n) is 6.29. The minimum absolute atomic E-state index is 0.0931. The zero-order valence-corrected chi connectivity index (χ0v) is 10.7. The molecule has 2 atom stereocenters. The highest BCUT2D eigenvalue weighted by atomic mass is 19.1. The molecule has 2 rings (SSSR count). The highest BCUT2D eigenvalue weighted by Crippen LogP contribution is 2.27. The van der Waals surface area contributed by atoms with Crippen molar-refractivity contribution in [1.82, 2.24) is 0 Å². The van der Waals surface area contributed by atoms with E-state index in [9.17, 15) is 9.18 Å². The van der Waals surface area contributed by atoms with Crippen LogP contribution in [0.2, 0.25) is 0 Å². The molecule has 98 valence electrons. The summed E-state index contributed by atoms with van der Waals surface area (Å²) >= 11 is 0. The van der Waals surface area contributed by atoms with Crippen LogP contribution in [0.1, 0.15) is 30.6 Å². The highest BCUT2D eigenvalue weighted by molar-refractivity contribution is 5.85. The third-order valence-corrected chi connectivity index (χ3v) is 3.40. The third kappa shape index (κ3) is 2.38. The summed E-state index contributed by atoms with van der Waals surface area (Å²) in [6.07, 6.45) is 1.59. The maximum atomic E-state index is 13.6. The summed E-state index contributed by atoms with van der Waals surface area (Å²) in [6.45, 7) is 5.35. The van der Waals surface area contributed by atoms with Crippen LogP contribution in [0, 0.1) is 5.82 Å². The molecule has 18 heavy (non-hydrogen) atoms. The van der Waals surface area contributed by atoms with Gasteiger partial charge in [0, 0.05) is 6.54 Å². The lowest BCUT2D eigenvalue weighted by Crippen LogP contribution is -2.49. The van der Waals surface area contributed by atoms with Crippen molar-refractivity contribution in [2.45, 2.75) is 32.4 Å². The van der Waals surface area contributed by atoms with Crippen molar-refractivity contribution in [2.75, 3.05) is 18.1 Å². The van der Waals surface area contributed by atoms with Gasteiger partial charge in [-0.15, -0.1) is 0 Å². The van der Waals surface area contributed by atoms with Gasteiger partial charge in [0.05, 0.1) is 30.0 Å². The van der Waals surface area contributed by atoms with Gasteiger partial charge in [-0.2, -0.15) is 0 Å². The highest BCUT2D eigenvalue weighted by Gasteiger charge is 2.27. The monoisotopic (exact) mass is 251 g/mol. The number of ether oxygens (including phenoxy) is 1. The van der Waals surface area contributed by atoms with E-state index in [0.717, 1.165) is 6.42 Å². The Kier molecular flexibility index (Phi) is 3.97. The van der Waals surface area contributed by atoms with Gasteiger partial charge < -0.3 is 9.64 Å². The van der Waals surface area contributed by atoms with Crippen molar-refractivity contribution in [2.24, 2.45) is 0 Å². The Hall–Kier alpha value is -1.42. The molecule has 0 saturated carbocycles. The Bertz CT molecular complexity index is 436. The maximum absolute atomic E-state index is 13.6. The Labute approximate surface area is 107 Å². The molecule has 4 heteroatoms. The van der Waals surface area contributed by atoms with Crippen LogP contribution >= 0.6 is 0 Å². The summed E-state index contributed by atoms with van der Waals surface area (Å²) in [7, 11) is 0. The van der Waals surface area contributed by atoms with E-state index in [-0.39, 0.29) is 17.7 Å². The van der Waals surface area contributed by atoms with Crippen LogP contribution in [0.15, 0.2) is 18.2 Å². The summed E-state index contributed by atoms with van der Waals surface area (Å²) in [6, 6.07) is 4.96. The second-order valence-corrected chi connectivity index (χ2v) is 4.65. The number of rotatable bonds is 3. The summed E-state index contributed by atoms with van der Waals surface area (Å²) in [4.78, 5) is 13.2. The molecular weight excluding hydrogens is 233 g/mol. The van der Waals surface area contributed by atoms with Gasteiger partial charge in [-0.1, -0.05) is 13.0 Å². The maximum Gasteiger partial charge on any atom is 0.155 e. The van der Waals surface area contributed by atoms with E-state index >= 15 is 0 Å². The first-order valence-corrected chi connectivity index (χ1v) is 6.29. The van der Waals surface area contributed by atoms with Crippen LogP contribution < -0.4 is 4.90 Å². The third-order valence-electron chi connectivity index (χ3n) is 3.40. The van der Waals surface area contributed by atoms with Crippen molar-refractivity contribution in [3.63, 3.8) is 0 Å². The van der Waals surface area contributed by atoms with E-state index in [1.807, 2.05) is 6.92 Å². The first kappa shape index (κ1) is 13.0. The molecule has 0 spiro atoms. The zero-order valence-electron chi connectivity index (χ0n) is 10.7. The lowest BCUT2D eigenvalue weighted by Gasteiger charge is -2.40. The van der Waals surface area contributed by atoms with Crippen LogP contribution in [0.4, 0.5) is 10.1 Å². The van der Waals surface area contributed by atoms with E-state index < -0.39 is 5.82 Å². The van der Waals surface area contributed by atoms with Gasteiger partial charge in [-0.3, -0.25) is 4.79 Å². The van der Waals surface area contributed by atoms with E-state index in [1.54, 1.807) is 12.1 Å². The fraction of sp³-hybridized carbons (Fsp3) is 0.500. The molecule has 0 aliphatic carbocycles. The molecule has 1 fully saturated rings. The number of morpholine rings is 1. The van der Waals surface area contributed by atoms with Crippen LogP contribution in [0.25, 0.3) is 0 Å². The van der Waals surface area contributed by atoms with Crippen molar-refractivity contribution in [3.05, 3.63) is 29.6 Å². The number of hydrogen-bond acceptors (Lipinski definition) is 3. The molecule has 1 aromatic carbocycles. The smallest absolute Gasteiger partial charge is 0.155 e. The molecule has 1 heterocycles. The molecule has 0 bridgehead atoms. The fourth-order valence-corrected chi connectivity index (χ4v) is 2.37. The van der Waals surface area contributed by atoms with Gasteiger partial charge in [0.25, 0.3) is 0 Å². The van der Waals surface area contributed by atoms with Crippen LogP contribution in [0.3, 0.4) is 0 Å². The van der Waals surface area contributed by atoms with Crippen molar-refractivity contribution in [3.8, 4) is 0 Å². The molecule has 3 nitrogen and oxygen atoms in total. The lowest BCUT2D eigenvalue weighted by atomic mass is 10.1. The van der Waals surface area contributed by atoms with E-state index in [0.29, 0.717) is 25.1 Å². The SMILES string of the molecule is CCC1COC(C)CN1c1cccc(F)c1C=O. The van der Waals surface area contributed by atoms with Gasteiger partial charge in [0.2, 0.25) is 0 Å². The van der Waals surface area contributed by atoms with Gasteiger partial charge in [-0.25, -0.2) is 4.39 Å². The van der Waals surface area contributed by atoms with Crippen molar-refractivity contribution < 1.29 is 13.9 Å². The van der Waals surface area contributed by atoms with Crippen LogP contribution in [-0.4, -0.2) is 31.6 Å². The van der Waals surface area contributed by atoms with Gasteiger partial charge in [-0.05, 0) is 25.5 Å². The number of nitrogens with zero attached hydrogens (tertiary/aromatic N) is 1. The zero-order chi connectivity index (χ0) is 13.1. The second-order valence-electron chi connectivity index (χ2n) is 4.65. The number of aldehydes is 1. The Morgan fingerprint density at radius 1 is 1.56 bits per heavy atom. The largest absolute Gasteiger partial charge is 0.375 e. The molecular formula is C14H18FNO2. The van der Waals surface area contributed by atoms with E-state index in [2.05, 4.69) is 11.8 Å². The van der Waals surface area contributed by atoms with Crippen LogP contribution in [0.5, 0.6) is 0 Å². The molecule has 0 amide bonds. The molecule has 0 radical (unpaired) electrons. The summed E-state index contributed by atoms with van der Waals surface area (Å²) in [5.41, 5.74) is 0.817. The predicted molar refractivity (Wildman–Crippen MR) is 68.6 cm³/mol. The Morgan fingerprint density at radius 3 is 3.00 bits per heavy atom. The standard InChI is InChI=1S/C14H18FNO2/c1-3-11-9-18-10(2)7-16(11)14-6-4-5-13(15)12(14)8-17/h4-6,8,10-11H,3,7,9H2,1-2H3. The quantitative estimate of drug-likeness (QED) is 0.773. The number of carbonyl (C=O) groups excluding carboxylic acids is 1. The van der Waals surface area contributed by atoms with Crippen molar-refractivity contribution in [1.29, 1.82) is 0 Å². The number of anilines is 1. The number of hydrogen-bond donors (Lipinski definition) is 0. The Morgan fingerprint density at radius 2 is 2.33 bits per heavy atom. The average Bonchev–Trinajstić information content (AvgIpc) is 2.38. The normalized spacial score (nSPS) is 24.1. The number of carbonyl (C=O) groups is 1. The molecule has 1 aromatic rings. The molecule has 0 N–H and O–H groups in total. The molecule has 2 unspecified atom stereocenters. The molecule has 0 aromatic heterocycles. The molecule has 1 saturated heterocycles. The topological polar surface area (TPSA) is 29.5 Å². The summed E-state index contributed by atoms with van der Waals surface area (Å²) < 4.78 is 19.3. The summed E-state index contributed by atoms with van der Waals surface area (Å²) in [5, 5.41) is 0. The second kappa shape index (κ2) is 5.48. The van der Waals surface area contributed by atoms with Crippen LogP contribution in [-0.2, 0) is 4.74 Å². The van der Waals surface area contributed by atoms with E-state index in [4.69, 9.17) is 4.74 Å². The number of halogens is 1. The predicted octanol–water partition coefficient (Wildman–Crippen LogP) is 2.64. The van der Waals surface area contributed by atoms with Crippen molar-refractivity contribution >= 4 is 12.0 Å². The number of benzene rings is 1. The first-order chi connectivity index (χ1) is 8.67. The van der Waals surface area contributed by atoms with E-state index in [1.165, 1.54) is 6.07 Å².